The normalized spacial score (nSPS) is 12.3. The van der Waals surface area contributed by atoms with Crippen molar-refractivity contribution in [3.8, 4) is 21.8 Å². The second kappa shape index (κ2) is 9.03. The molecule has 0 spiro atoms. The largest absolute Gasteiger partial charge is 0.390 e. The zero-order valence-corrected chi connectivity index (χ0v) is 18.0. The van der Waals surface area contributed by atoms with Gasteiger partial charge in [0.15, 0.2) is 0 Å². The van der Waals surface area contributed by atoms with Crippen LogP contribution in [0.1, 0.15) is 12.0 Å². The minimum Gasteiger partial charge on any atom is -0.390 e. The van der Waals surface area contributed by atoms with Gasteiger partial charge in [0, 0.05) is 25.9 Å². The summed E-state index contributed by atoms with van der Waals surface area (Å²) in [5, 5.41) is 9.97. The van der Waals surface area contributed by atoms with Gasteiger partial charge in [0.25, 0.3) is 0 Å². The summed E-state index contributed by atoms with van der Waals surface area (Å²) in [5.41, 5.74) is 3.34. The van der Waals surface area contributed by atoms with Crippen LogP contribution in [-0.4, -0.2) is 46.9 Å². The van der Waals surface area contributed by atoms with E-state index >= 15 is 0 Å². The maximum Gasteiger partial charge on any atom is 0.223 e. The highest BCUT2D eigenvalue weighted by atomic mass is 32.1. The molecule has 3 aromatic heterocycles. The summed E-state index contributed by atoms with van der Waals surface area (Å²) in [6.07, 6.45) is 1.66. The van der Waals surface area contributed by atoms with Crippen LogP contribution in [0, 0.1) is 5.95 Å². The fraction of sp³-hybridized carbons (Fsp3) is 0.261. The lowest BCUT2D eigenvalue weighted by molar-refractivity contribution is 0.131. The fourth-order valence-electron chi connectivity index (χ4n) is 3.21. The van der Waals surface area contributed by atoms with Crippen LogP contribution in [0.2, 0.25) is 0 Å². The van der Waals surface area contributed by atoms with Crippen LogP contribution in [0.25, 0.3) is 32.0 Å². The number of benzene rings is 1. The highest BCUT2D eigenvalue weighted by Crippen LogP contribution is 2.33. The number of anilines is 1. The number of hydrogen-bond donors (Lipinski definition) is 1. The van der Waals surface area contributed by atoms with Crippen LogP contribution in [-0.2, 0) is 6.42 Å². The van der Waals surface area contributed by atoms with Crippen molar-refractivity contribution in [3.63, 3.8) is 0 Å². The lowest BCUT2D eigenvalue weighted by Crippen LogP contribution is -2.10. The van der Waals surface area contributed by atoms with E-state index in [1.165, 1.54) is 11.3 Å². The van der Waals surface area contributed by atoms with E-state index in [0.717, 1.165) is 27.2 Å². The van der Waals surface area contributed by atoms with E-state index in [0.29, 0.717) is 29.1 Å². The smallest absolute Gasteiger partial charge is 0.223 e. The van der Waals surface area contributed by atoms with E-state index in [-0.39, 0.29) is 0 Å². The number of aryl methyl sites for hydroxylation is 1. The third-order valence-electron chi connectivity index (χ3n) is 4.98. The van der Waals surface area contributed by atoms with Gasteiger partial charge in [-0.25, -0.2) is 19.3 Å². The Hall–Kier alpha value is -2.97. The Labute approximate surface area is 183 Å². The zero-order chi connectivity index (χ0) is 22.0. The number of thiazole rings is 1. The average molecular weight is 441 g/mol. The number of nitrogens with zero attached hydrogens (tertiary/aromatic N) is 4. The van der Waals surface area contributed by atoms with Crippen LogP contribution in [0.5, 0.6) is 0 Å². The summed E-state index contributed by atoms with van der Waals surface area (Å²) in [6, 6.07) is 12.9. The second-order valence-corrected chi connectivity index (χ2v) is 8.53. The Balaban J connectivity index is 1.58. The van der Waals surface area contributed by atoms with Crippen molar-refractivity contribution < 1.29 is 13.9 Å². The topological polar surface area (TPSA) is 62.1 Å². The van der Waals surface area contributed by atoms with Crippen molar-refractivity contribution in [2.24, 2.45) is 0 Å². The first-order valence-corrected chi connectivity index (χ1v) is 10.7. The lowest BCUT2D eigenvalue weighted by atomic mass is 10.1. The molecule has 0 saturated carbocycles. The van der Waals surface area contributed by atoms with Gasteiger partial charge in [0.05, 0.1) is 27.6 Å². The van der Waals surface area contributed by atoms with Crippen LogP contribution >= 0.6 is 11.3 Å². The SMILES string of the molecule is CN(C)c1ccc(-c2ccc(-c3nc4ccc(CCC(O)CF)cc4s3)c(F)n2)cn1. The first-order valence-electron chi connectivity index (χ1n) is 9.89. The molecule has 1 unspecified atom stereocenters. The molecule has 1 atom stereocenters. The predicted molar refractivity (Wildman–Crippen MR) is 121 cm³/mol. The molecule has 0 amide bonds. The van der Waals surface area contributed by atoms with Gasteiger partial charge in [0.2, 0.25) is 5.95 Å². The molecule has 0 fully saturated rings. The van der Waals surface area contributed by atoms with Gasteiger partial charge in [-0.15, -0.1) is 11.3 Å². The van der Waals surface area contributed by atoms with Gasteiger partial charge in [-0.05, 0) is 54.8 Å². The number of aromatic nitrogens is 3. The number of halogens is 2. The number of alkyl halides is 1. The minimum absolute atomic E-state index is 0.345. The lowest BCUT2D eigenvalue weighted by Gasteiger charge is -2.11. The van der Waals surface area contributed by atoms with Crippen molar-refractivity contribution in [1.29, 1.82) is 0 Å². The molecule has 5 nitrogen and oxygen atoms in total. The van der Waals surface area contributed by atoms with Gasteiger partial charge in [-0.3, -0.25) is 0 Å². The van der Waals surface area contributed by atoms with E-state index in [4.69, 9.17) is 0 Å². The maximum atomic E-state index is 14.8. The first-order chi connectivity index (χ1) is 14.9. The fourth-order valence-corrected chi connectivity index (χ4v) is 4.25. The van der Waals surface area contributed by atoms with E-state index in [1.807, 2.05) is 49.3 Å². The molecule has 4 aromatic rings. The van der Waals surface area contributed by atoms with Crippen molar-refractivity contribution >= 4 is 27.4 Å². The molecule has 160 valence electrons. The standard InChI is InChI=1S/C23H22F2N4OS/c1-29(2)21-10-5-15(13-26-21)18-9-7-17(22(25)27-18)23-28-19-8-4-14(11-20(19)31-23)3-6-16(30)12-24/h4-5,7-11,13,16,30H,3,6,12H2,1-2H3. The van der Waals surface area contributed by atoms with Crippen molar-refractivity contribution in [3.05, 3.63) is 60.2 Å². The molecule has 0 bridgehead atoms. The second-order valence-electron chi connectivity index (χ2n) is 7.50. The van der Waals surface area contributed by atoms with Gasteiger partial charge < -0.3 is 10.0 Å². The van der Waals surface area contributed by atoms with Crippen molar-refractivity contribution in [2.45, 2.75) is 18.9 Å². The average Bonchev–Trinajstić information content (AvgIpc) is 3.20. The third-order valence-corrected chi connectivity index (χ3v) is 6.03. The minimum atomic E-state index is -0.944. The molecule has 0 saturated heterocycles. The molecule has 4 rings (SSSR count). The maximum absolute atomic E-state index is 14.8. The molecule has 1 aromatic carbocycles. The molecular weight excluding hydrogens is 418 g/mol. The van der Waals surface area contributed by atoms with Gasteiger partial charge in [0.1, 0.15) is 17.5 Å². The number of aliphatic hydroxyl groups is 1. The number of aliphatic hydroxyl groups excluding tert-OH is 1. The van der Waals surface area contributed by atoms with Crippen molar-refractivity contribution in [1.82, 2.24) is 15.0 Å². The molecule has 31 heavy (non-hydrogen) atoms. The number of rotatable bonds is 7. The van der Waals surface area contributed by atoms with E-state index in [1.54, 1.807) is 18.3 Å². The van der Waals surface area contributed by atoms with Crippen molar-refractivity contribution in [2.75, 3.05) is 25.7 Å². The summed E-state index contributed by atoms with van der Waals surface area (Å²) in [4.78, 5) is 14.9. The summed E-state index contributed by atoms with van der Waals surface area (Å²) < 4.78 is 28.2. The summed E-state index contributed by atoms with van der Waals surface area (Å²) in [6.45, 7) is -0.745. The van der Waals surface area contributed by atoms with E-state index in [9.17, 15) is 13.9 Å². The molecule has 0 aliphatic carbocycles. The van der Waals surface area contributed by atoms with Crippen LogP contribution in [0.3, 0.4) is 0 Å². The molecule has 3 heterocycles. The van der Waals surface area contributed by atoms with Crippen LogP contribution < -0.4 is 4.90 Å². The molecular formula is C23H22F2N4OS. The molecule has 0 aliphatic heterocycles. The van der Waals surface area contributed by atoms with Gasteiger partial charge >= 0.3 is 0 Å². The monoisotopic (exact) mass is 440 g/mol. The summed E-state index contributed by atoms with van der Waals surface area (Å²) in [5.74, 6) is 0.230. The van der Waals surface area contributed by atoms with Crippen LogP contribution in [0.4, 0.5) is 14.6 Å². The molecule has 0 aliphatic rings. The van der Waals surface area contributed by atoms with Crippen LogP contribution in [0.15, 0.2) is 48.7 Å². The Morgan fingerprint density at radius 3 is 2.61 bits per heavy atom. The van der Waals surface area contributed by atoms with Gasteiger partial charge in [-0.2, -0.15) is 4.39 Å². The highest BCUT2D eigenvalue weighted by molar-refractivity contribution is 7.21. The number of hydrogen-bond acceptors (Lipinski definition) is 6. The van der Waals surface area contributed by atoms with Gasteiger partial charge in [-0.1, -0.05) is 6.07 Å². The van der Waals surface area contributed by atoms with E-state index in [2.05, 4.69) is 15.0 Å². The Morgan fingerprint density at radius 2 is 1.94 bits per heavy atom. The molecule has 8 heteroatoms. The third kappa shape index (κ3) is 4.70. The molecule has 1 N–H and O–H groups in total. The number of fused-ring (bicyclic) bond motifs is 1. The zero-order valence-electron chi connectivity index (χ0n) is 17.2. The quantitative estimate of drug-likeness (QED) is 0.415. The predicted octanol–water partition coefficient (Wildman–Crippen LogP) is 4.89. The Kier molecular flexibility index (Phi) is 6.20. The Morgan fingerprint density at radius 1 is 1.10 bits per heavy atom. The van der Waals surface area contributed by atoms with E-state index < -0.39 is 18.7 Å². The molecule has 0 radical (unpaired) electrons. The number of pyridine rings is 2. The first kappa shape index (κ1) is 21.3. The summed E-state index contributed by atoms with van der Waals surface area (Å²) >= 11 is 1.38. The highest BCUT2D eigenvalue weighted by Gasteiger charge is 2.14. The summed E-state index contributed by atoms with van der Waals surface area (Å²) in [7, 11) is 3.81. The Bertz CT molecular complexity index is 1190.